The van der Waals surface area contributed by atoms with Gasteiger partial charge in [0, 0.05) is 26.2 Å². The van der Waals surface area contributed by atoms with Crippen LogP contribution in [0, 0.1) is 28.6 Å². The molecule has 14 heteroatoms. The lowest BCUT2D eigenvalue weighted by molar-refractivity contribution is -0.145. The summed E-state index contributed by atoms with van der Waals surface area (Å²) in [7, 11) is 3.13. The van der Waals surface area contributed by atoms with Crippen LogP contribution in [0.5, 0.6) is 0 Å². The number of Topliss-reactive ketones (excluding diaryl/α,β-unsaturated/α-hetero) is 1. The standard InChI is InChI=1S/C38H57N7O7/c1-36(2,3)30(42-35(52)43-37(4,5)6)34(51)45-20-23-26(38(23,7)8)28(45)31(48)40-24(18-21-16-17-21)29(47)32(49)39-19-25(46)41-27(33(50)44(9)10)22-14-12-11-13-15-22/h11-15,21,23-24,26-28,30H,16-20H2,1-10H3,(H,39,49)(H,40,48)(H,41,46)(H2,42,43,52)/t23?,24?,26?,27-,28?,30?/m0/s1. The number of benzene rings is 1. The fraction of sp³-hybridized carbons (Fsp3) is 0.658. The van der Waals surface area contributed by atoms with Gasteiger partial charge in [-0.3, -0.25) is 28.8 Å². The highest BCUT2D eigenvalue weighted by Crippen LogP contribution is 2.65. The van der Waals surface area contributed by atoms with Gasteiger partial charge >= 0.3 is 6.03 Å². The van der Waals surface area contributed by atoms with Crippen molar-refractivity contribution in [1.29, 1.82) is 0 Å². The molecule has 1 aromatic rings. The first-order chi connectivity index (χ1) is 24.0. The Morgan fingerprint density at radius 3 is 2.06 bits per heavy atom. The van der Waals surface area contributed by atoms with Gasteiger partial charge < -0.3 is 36.4 Å². The Labute approximate surface area is 306 Å². The predicted octanol–water partition coefficient (Wildman–Crippen LogP) is 1.90. The normalized spacial score (nSPS) is 22.1. The van der Waals surface area contributed by atoms with Gasteiger partial charge in [-0.2, -0.15) is 0 Å². The SMILES string of the molecule is CN(C)C(=O)[C@@H](NC(=O)CNC(=O)C(=O)C(CC1CC1)NC(=O)C1C2C(CN1C(=O)C(NC(=O)NC(C)(C)C)C(C)(C)C)C2(C)C)c1ccccc1. The monoisotopic (exact) mass is 723 g/mol. The smallest absolute Gasteiger partial charge is 0.315 e. The van der Waals surface area contributed by atoms with Gasteiger partial charge in [0.1, 0.15) is 18.1 Å². The lowest BCUT2D eigenvalue weighted by Crippen LogP contribution is -2.62. The number of hydrogen-bond donors (Lipinski definition) is 5. The molecule has 4 rings (SSSR count). The molecule has 0 radical (unpaired) electrons. The number of hydrogen-bond acceptors (Lipinski definition) is 7. The molecule has 52 heavy (non-hydrogen) atoms. The third kappa shape index (κ3) is 9.68. The van der Waals surface area contributed by atoms with Crippen LogP contribution >= 0.6 is 0 Å². The van der Waals surface area contributed by atoms with E-state index >= 15 is 0 Å². The Kier molecular flexibility index (Phi) is 11.8. The zero-order valence-electron chi connectivity index (χ0n) is 32.2. The van der Waals surface area contributed by atoms with Crippen molar-refractivity contribution < 1.29 is 33.6 Å². The number of likely N-dealkylation sites (tertiary alicyclic amines) is 1. The zero-order chi connectivity index (χ0) is 38.9. The first-order valence-corrected chi connectivity index (χ1v) is 18.1. The third-order valence-electron chi connectivity index (χ3n) is 10.3. The molecular formula is C38H57N7O7. The number of carbonyl (C=O) groups excluding carboxylic acids is 7. The van der Waals surface area contributed by atoms with Crippen molar-refractivity contribution >= 4 is 41.4 Å². The molecule has 6 atom stereocenters. The van der Waals surface area contributed by atoms with Gasteiger partial charge in [-0.25, -0.2) is 4.79 Å². The highest BCUT2D eigenvalue weighted by molar-refractivity contribution is 6.38. The fourth-order valence-electron chi connectivity index (χ4n) is 7.12. The number of urea groups is 1. The molecule has 2 saturated carbocycles. The van der Waals surface area contributed by atoms with Gasteiger partial charge in [0.15, 0.2) is 0 Å². The summed E-state index contributed by atoms with van der Waals surface area (Å²) in [4.78, 5) is 96.6. The predicted molar refractivity (Wildman–Crippen MR) is 194 cm³/mol. The number of fused-ring (bicyclic) bond motifs is 1. The summed E-state index contributed by atoms with van der Waals surface area (Å²) in [5, 5.41) is 13.5. The molecule has 0 aromatic heterocycles. The van der Waals surface area contributed by atoms with Crippen molar-refractivity contribution in [1.82, 2.24) is 36.4 Å². The van der Waals surface area contributed by atoms with Crippen molar-refractivity contribution in [3.8, 4) is 0 Å². The average Bonchev–Trinajstić information content (AvgIpc) is 3.90. The Hall–Kier alpha value is -4.49. The van der Waals surface area contributed by atoms with Crippen LogP contribution in [0.15, 0.2) is 30.3 Å². The Morgan fingerprint density at radius 1 is 0.904 bits per heavy atom. The summed E-state index contributed by atoms with van der Waals surface area (Å²) < 4.78 is 0. The van der Waals surface area contributed by atoms with Crippen LogP contribution in [-0.4, -0.2) is 102 Å². The van der Waals surface area contributed by atoms with Gasteiger partial charge in [-0.15, -0.1) is 0 Å². The Balaban J connectivity index is 1.46. The second-order valence-electron chi connectivity index (χ2n) is 17.5. The highest BCUT2D eigenvalue weighted by Gasteiger charge is 2.70. The van der Waals surface area contributed by atoms with E-state index in [1.807, 2.05) is 55.4 Å². The van der Waals surface area contributed by atoms with Crippen LogP contribution in [0.1, 0.15) is 86.3 Å². The molecule has 0 bridgehead atoms. The zero-order valence-corrected chi connectivity index (χ0v) is 32.2. The minimum atomic E-state index is -1.16. The first-order valence-electron chi connectivity index (χ1n) is 18.1. The summed E-state index contributed by atoms with van der Waals surface area (Å²) in [6, 6.07) is 4.16. The van der Waals surface area contributed by atoms with Crippen LogP contribution in [0.25, 0.3) is 0 Å². The van der Waals surface area contributed by atoms with Gasteiger partial charge in [0.2, 0.25) is 29.4 Å². The summed E-state index contributed by atoms with van der Waals surface area (Å²) >= 11 is 0. The van der Waals surface area contributed by atoms with Crippen LogP contribution in [0.3, 0.4) is 0 Å². The minimum Gasteiger partial charge on any atom is -0.347 e. The largest absolute Gasteiger partial charge is 0.347 e. The number of likely N-dealkylation sites (N-methyl/N-ethyl adjacent to an activating group) is 1. The van der Waals surface area contributed by atoms with Crippen molar-refractivity contribution in [2.75, 3.05) is 27.2 Å². The minimum absolute atomic E-state index is 0.0507. The molecular weight excluding hydrogens is 666 g/mol. The molecule has 286 valence electrons. The maximum atomic E-state index is 14.2. The summed E-state index contributed by atoms with van der Waals surface area (Å²) in [6.07, 6.45) is 1.95. The van der Waals surface area contributed by atoms with Gasteiger partial charge in [0.25, 0.3) is 5.91 Å². The van der Waals surface area contributed by atoms with E-state index in [0.717, 1.165) is 12.8 Å². The molecule has 0 spiro atoms. The Morgan fingerprint density at radius 2 is 1.52 bits per heavy atom. The number of nitrogens with zero attached hydrogens (tertiary/aromatic N) is 2. The van der Waals surface area contributed by atoms with Crippen LogP contribution in [-0.2, 0) is 28.8 Å². The van der Waals surface area contributed by atoms with Crippen LogP contribution in [0.2, 0.25) is 0 Å². The van der Waals surface area contributed by atoms with E-state index in [0.29, 0.717) is 12.1 Å². The molecule has 5 unspecified atom stereocenters. The van der Waals surface area contributed by atoms with E-state index in [-0.39, 0.29) is 35.5 Å². The lowest BCUT2D eigenvalue weighted by Gasteiger charge is -2.38. The summed E-state index contributed by atoms with van der Waals surface area (Å²) in [5.41, 5.74) is -0.890. The third-order valence-corrected chi connectivity index (χ3v) is 10.3. The van der Waals surface area contributed by atoms with E-state index in [1.165, 1.54) is 9.80 Å². The van der Waals surface area contributed by atoms with Crippen molar-refractivity contribution in [2.45, 2.75) is 104 Å². The topological polar surface area (TPSA) is 186 Å². The average molecular weight is 724 g/mol. The number of rotatable bonds is 13. The maximum Gasteiger partial charge on any atom is 0.315 e. The number of piperidine rings is 1. The molecule has 3 fully saturated rings. The first kappa shape index (κ1) is 40.3. The molecule has 1 aliphatic heterocycles. The molecule has 7 amide bonds. The van der Waals surface area contributed by atoms with Crippen LogP contribution < -0.4 is 26.6 Å². The van der Waals surface area contributed by atoms with Gasteiger partial charge in [-0.05, 0) is 61.3 Å². The molecule has 1 saturated heterocycles. The van der Waals surface area contributed by atoms with Crippen molar-refractivity contribution in [3.05, 3.63) is 35.9 Å². The van der Waals surface area contributed by atoms with E-state index < -0.39 is 77.1 Å². The molecule has 1 aromatic carbocycles. The Bertz CT molecular complexity index is 1560. The van der Waals surface area contributed by atoms with Gasteiger partial charge in [0.05, 0.1) is 12.6 Å². The highest BCUT2D eigenvalue weighted by atomic mass is 16.2. The molecule has 5 N–H and O–H groups in total. The molecule has 3 aliphatic rings. The van der Waals surface area contributed by atoms with Crippen LogP contribution in [0.4, 0.5) is 4.79 Å². The van der Waals surface area contributed by atoms with E-state index in [1.54, 1.807) is 44.4 Å². The number of carbonyl (C=O) groups is 7. The molecule has 1 heterocycles. The second kappa shape index (κ2) is 15.2. The molecule has 2 aliphatic carbocycles. The van der Waals surface area contributed by atoms with Gasteiger partial charge in [-0.1, -0.05) is 77.8 Å². The number of ketones is 1. The lowest BCUT2D eigenvalue weighted by atomic mass is 9.85. The number of nitrogens with one attached hydrogen (secondary N) is 5. The number of amides is 7. The van der Waals surface area contributed by atoms with E-state index in [2.05, 4.69) is 26.6 Å². The fourth-order valence-corrected chi connectivity index (χ4v) is 7.12. The van der Waals surface area contributed by atoms with E-state index in [4.69, 9.17) is 0 Å². The second-order valence-corrected chi connectivity index (χ2v) is 17.5. The molecule has 14 nitrogen and oxygen atoms in total. The summed E-state index contributed by atoms with van der Waals surface area (Å²) in [6.45, 7) is 14.9. The quantitative estimate of drug-likeness (QED) is 0.192. The van der Waals surface area contributed by atoms with E-state index in [9.17, 15) is 33.6 Å². The maximum absolute atomic E-state index is 14.2. The summed E-state index contributed by atoms with van der Waals surface area (Å²) in [5.74, 6) is -3.87. The van der Waals surface area contributed by atoms with Crippen molar-refractivity contribution in [3.63, 3.8) is 0 Å². The van der Waals surface area contributed by atoms with Crippen molar-refractivity contribution in [2.24, 2.45) is 28.6 Å².